The average molecular weight is 296 g/mol. The van der Waals surface area contributed by atoms with Crippen molar-refractivity contribution in [1.29, 1.82) is 0 Å². The molecule has 22 heavy (non-hydrogen) atoms. The van der Waals surface area contributed by atoms with Gasteiger partial charge in [-0.2, -0.15) is 0 Å². The number of hydrogen-bond donors (Lipinski definition) is 3. The number of aromatic nitrogens is 2. The fraction of sp³-hybridized carbons (Fsp3) is 0.235. The van der Waals surface area contributed by atoms with E-state index in [4.69, 9.17) is 0 Å². The number of benzene rings is 1. The molecule has 0 bridgehead atoms. The SMILES string of the molecule is C[C@H](O)c1cc2n(c(=O)c1O)CCc1c-2[nH]c2ccccc12. The van der Waals surface area contributed by atoms with Gasteiger partial charge in [-0.05, 0) is 31.0 Å². The first-order chi connectivity index (χ1) is 10.6. The third-order valence-electron chi connectivity index (χ3n) is 4.41. The maximum Gasteiger partial charge on any atom is 0.293 e. The van der Waals surface area contributed by atoms with Gasteiger partial charge in [-0.3, -0.25) is 4.79 Å². The molecule has 2 aromatic heterocycles. The summed E-state index contributed by atoms with van der Waals surface area (Å²) in [6.07, 6.45) is -0.159. The Labute approximate surface area is 126 Å². The molecule has 3 heterocycles. The summed E-state index contributed by atoms with van der Waals surface area (Å²) in [5.41, 5.74) is 3.64. The topological polar surface area (TPSA) is 78.2 Å². The molecular weight excluding hydrogens is 280 g/mol. The summed E-state index contributed by atoms with van der Waals surface area (Å²) in [4.78, 5) is 15.7. The Morgan fingerprint density at radius 3 is 2.86 bits per heavy atom. The Morgan fingerprint density at radius 2 is 2.09 bits per heavy atom. The second-order valence-electron chi connectivity index (χ2n) is 5.74. The van der Waals surface area contributed by atoms with Gasteiger partial charge in [0.15, 0.2) is 5.75 Å². The van der Waals surface area contributed by atoms with E-state index in [0.29, 0.717) is 6.54 Å². The summed E-state index contributed by atoms with van der Waals surface area (Å²) in [7, 11) is 0. The average Bonchev–Trinajstić information content (AvgIpc) is 2.89. The number of fused-ring (bicyclic) bond motifs is 5. The van der Waals surface area contributed by atoms with Gasteiger partial charge >= 0.3 is 0 Å². The predicted octanol–water partition coefficient (Wildman–Crippen LogP) is 2.31. The molecule has 0 unspecified atom stereocenters. The molecule has 1 aliphatic rings. The van der Waals surface area contributed by atoms with E-state index >= 15 is 0 Å². The molecule has 0 spiro atoms. The van der Waals surface area contributed by atoms with Gasteiger partial charge < -0.3 is 19.8 Å². The van der Waals surface area contributed by atoms with Gasteiger partial charge in [-0.1, -0.05) is 18.2 Å². The number of aromatic hydroxyl groups is 1. The molecule has 3 aromatic rings. The Hall–Kier alpha value is -2.53. The zero-order valence-corrected chi connectivity index (χ0v) is 12.1. The van der Waals surface area contributed by atoms with E-state index in [1.165, 1.54) is 5.56 Å². The minimum Gasteiger partial charge on any atom is -0.503 e. The summed E-state index contributed by atoms with van der Waals surface area (Å²) in [6, 6.07) is 9.74. The van der Waals surface area contributed by atoms with E-state index < -0.39 is 11.7 Å². The lowest BCUT2D eigenvalue weighted by atomic mass is 9.99. The Morgan fingerprint density at radius 1 is 1.32 bits per heavy atom. The zero-order chi connectivity index (χ0) is 15.4. The van der Waals surface area contributed by atoms with Crippen molar-refractivity contribution in [3.8, 4) is 17.1 Å². The van der Waals surface area contributed by atoms with Crippen molar-refractivity contribution in [1.82, 2.24) is 9.55 Å². The van der Waals surface area contributed by atoms with Crippen LogP contribution in [0.4, 0.5) is 0 Å². The van der Waals surface area contributed by atoms with Crippen LogP contribution in [0, 0.1) is 0 Å². The summed E-state index contributed by atoms with van der Waals surface area (Å²) in [6.45, 7) is 2.07. The largest absolute Gasteiger partial charge is 0.503 e. The number of nitrogens with one attached hydrogen (secondary N) is 1. The van der Waals surface area contributed by atoms with Crippen LogP contribution < -0.4 is 5.56 Å². The van der Waals surface area contributed by atoms with Crippen molar-refractivity contribution in [3.05, 3.63) is 51.8 Å². The third-order valence-corrected chi connectivity index (χ3v) is 4.41. The van der Waals surface area contributed by atoms with E-state index in [-0.39, 0.29) is 11.3 Å². The lowest BCUT2D eigenvalue weighted by molar-refractivity contribution is 0.194. The number of pyridine rings is 1. The first-order valence-corrected chi connectivity index (χ1v) is 7.32. The predicted molar refractivity (Wildman–Crippen MR) is 84.0 cm³/mol. The van der Waals surface area contributed by atoms with Crippen molar-refractivity contribution in [2.24, 2.45) is 0 Å². The van der Waals surface area contributed by atoms with Crippen LogP contribution in [0.2, 0.25) is 0 Å². The molecule has 3 N–H and O–H groups in total. The monoisotopic (exact) mass is 296 g/mol. The summed E-state index contributed by atoms with van der Waals surface area (Å²) >= 11 is 0. The van der Waals surface area contributed by atoms with Crippen molar-refractivity contribution in [2.45, 2.75) is 26.0 Å². The number of nitrogens with zero attached hydrogens (tertiary/aromatic N) is 1. The van der Waals surface area contributed by atoms with Crippen LogP contribution in [-0.2, 0) is 13.0 Å². The number of rotatable bonds is 1. The normalized spacial score (nSPS) is 14.6. The van der Waals surface area contributed by atoms with Crippen molar-refractivity contribution in [2.75, 3.05) is 0 Å². The number of hydrogen-bond acceptors (Lipinski definition) is 3. The maximum atomic E-state index is 12.4. The van der Waals surface area contributed by atoms with Gasteiger partial charge in [0.05, 0.1) is 17.5 Å². The molecule has 0 radical (unpaired) electrons. The highest BCUT2D eigenvalue weighted by molar-refractivity contribution is 5.90. The van der Waals surface area contributed by atoms with Gasteiger partial charge in [0.25, 0.3) is 5.56 Å². The highest BCUT2D eigenvalue weighted by Crippen LogP contribution is 2.36. The maximum absolute atomic E-state index is 12.4. The van der Waals surface area contributed by atoms with Crippen LogP contribution in [0.15, 0.2) is 35.1 Å². The van der Waals surface area contributed by atoms with Gasteiger partial charge in [0.1, 0.15) is 0 Å². The fourth-order valence-electron chi connectivity index (χ4n) is 3.30. The Balaban J connectivity index is 2.07. The van der Waals surface area contributed by atoms with E-state index in [9.17, 15) is 15.0 Å². The molecule has 0 fully saturated rings. The van der Waals surface area contributed by atoms with Crippen LogP contribution in [0.25, 0.3) is 22.3 Å². The molecule has 0 aliphatic carbocycles. The first-order valence-electron chi connectivity index (χ1n) is 7.32. The van der Waals surface area contributed by atoms with Gasteiger partial charge in [-0.15, -0.1) is 0 Å². The van der Waals surface area contributed by atoms with Crippen LogP contribution in [0.3, 0.4) is 0 Å². The number of aliphatic hydroxyl groups excluding tert-OH is 1. The van der Waals surface area contributed by atoms with Gasteiger partial charge in [0, 0.05) is 23.0 Å². The van der Waals surface area contributed by atoms with Crippen LogP contribution in [-0.4, -0.2) is 19.8 Å². The van der Waals surface area contributed by atoms with Gasteiger partial charge in [0.2, 0.25) is 0 Å². The van der Waals surface area contributed by atoms with Crippen LogP contribution >= 0.6 is 0 Å². The molecule has 0 saturated carbocycles. The van der Waals surface area contributed by atoms with Gasteiger partial charge in [-0.25, -0.2) is 0 Å². The summed E-state index contributed by atoms with van der Waals surface area (Å²) in [5.74, 6) is -0.363. The molecular formula is C17H16N2O3. The molecule has 112 valence electrons. The number of aliphatic hydroxyl groups is 1. The van der Waals surface area contributed by atoms with Crippen molar-refractivity contribution < 1.29 is 10.2 Å². The van der Waals surface area contributed by atoms with Crippen molar-refractivity contribution >= 4 is 10.9 Å². The molecule has 1 aromatic carbocycles. The molecule has 0 saturated heterocycles. The smallest absolute Gasteiger partial charge is 0.293 e. The fourth-order valence-corrected chi connectivity index (χ4v) is 3.30. The Bertz CT molecular complexity index is 950. The Kier molecular flexibility index (Phi) is 2.68. The minimum atomic E-state index is -0.895. The number of H-pyrrole nitrogens is 1. The number of aryl methyl sites for hydroxylation is 1. The minimum absolute atomic E-state index is 0.266. The van der Waals surface area contributed by atoms with E-state index in [2.05, 4.69) is 11.1 Å². The van der Waals surface area contributed by atoms with Crippen LogP contribution in [0.1, 0.15) is 24.2 Å². The van der Waals surface area contributed by atoms with E-state index in [1.54, 1.807) is 17.6 Å². The molecule has 1 atom stereocenters. The molecule has 0 amide bonds. The van der Waals surface area contributed by atoms with Crippen molar-refractivity contribution in [3.63, 3.8) is 0 Å². The van der Waals surface area contributed by atoms with E-state index in [0.717, 1.165) is 28.7 Å². The standard InChI is InChI=1S/C17H16N2O3/c1-9(20)12-8-14-15-11(6-7-19(14)17(22)16(12)21)10-4-2-3-5-13(10)18-15/h2-5,8-9,18,20-21H,6-7H2,1H3/t9-/m0/s1. The summed E-state index contributed by atoms with van der Waals surface area (Å²) < 4.78 is 1.57. The number of para-hydroxylation sites is 1. The first kappa shape index (κ1) is 13.2. The summed E-state index contributed by atoms with van der Waals surface area (Å²) in [5, 5.41) is 21.0. The third kappa shape index (κ3) is 1.66. The highest BCUT2D eigenvalue weighted by atomic mass is 16.3. The highest BCUT2D eigenvalue weighted by Gasteiger charge is 2.25. The van der Waals surface area contributed by atoms with E-state index in [1.807, 2.05) is 18.2 Å². The lowest BCUT2D eigenvalue weighted by Crippen LogP contribution is -2.26. The molecule has 1 aliphatic heterocycles. The number of aromatic amines is 1. The molecule has 5 heteroatoms. The second kappa shape index (κ2) is 4.48. The zero-order valence-electron chi connectivity index (χ0n) is 12.1. The van der Waals surface area contributed by atoms with Crippen LogP contribution in [0.5, 0.6) is 5.75 Å². The lowest BCUT2D eigenvalue weighted by Gasteiger charge is -2.21. The molecule has 4 rings (SSSR count). The molecule has 5 nitrogen and oxygen atoms in total. The second-order valence-corrected chi connectivity index (χ2v) is 5.74. The quantitative estimate of drug-likeness (QED) is 0.645.